The third-order valence-electron chi connectivity index (χ3n) is 4.67. The van der Waals surface area contributed by atoms with Crippen molar-refractivity contribution < 1.29 is 17.9 Å². The molecule has 32 heavy (non-hydrogen) atoms. The number of halogens is 2. The van der Waals surface area contributed by atoms with Crippen LogP contribution in [0.15, 0.2) is 76.1 Å². The maximum Gasteiger partial charge on any atom is 0.243 e. The number of carbonyl (C=O) groups is 1. The van der Waals surface area contributed by atoms with Crippen LogP contribution in [0.2, 0.25) is 5.02 Å². The number of nitrogens with one attached hydrogen (secondary N) is 1. The van der Waals surface area contributed by atoms with Crippen molar-refractivity contribution in [3.63, 3.8) is 0 Å². The number of carbonyl (C=O) groups excluding carboxylic acids is 1. The number of rotatable bonds is 8. The lowest BCUT2D eigenvalue weighted by Gasteiger charge is -2.22. The number of anilines is 1. The van der Waals surface area contributed by atoms with E-state index in [0.717, 1.165) is 14.3 Å². The van der Waals surface area contributed by atoms with Crippen molar-refractivity contribution >= 4 is 49.1 Å². The molecule has 0 spiro atoms. The highest BCUT2D eigenvalue weighted by molar-refractivity contribution is 9.10. The Morgan fingerprint density at radius 2 is 1.72 bits per heavy atom. The Bertz CT molecular complexity index is 1200. The average molecular weight is 538 g/mol. The molecule has 0 aliphatic carbocycles. The quantitative estimate of drug-likeness (QED) is 0.426. The molecule has 0 atom stereocenters. The van der Waals surface area contributed by atoms with Crippen LogP contribution in [-0.2, 0) is 21.4 Å². The summed E-state index contributed by atoms with van der Waals surface area (Å²) in [6.45, 7) is 1.52. The second-order valence-electron chi connectivity index (χ2n) is 7.11. The first kappa shape index (κ1) is 24.3. The summed E-state index contributed by atoms with van der Waals surface area (Å²) in [6.07, 6.45) is 0. The molecule has 9 heteroatoms. The van der Waals surface area contributed by atoms with Gasteiger partial charge in [0.1, 0.15) is 5.75 Å². The third kappa shape index (κ3) is 6.10. The van der Waals surface area contributed by atoms with Gasteiger partial charge in [0.05, 0.1) is 24.2 Å². The van der Waals surface area contributed by atoms with Crippen LogP contribution >= 0.6 is 27.5 Å². The highest BCUT2D eigenvalue weighted by atomic mass is 79.9. The topological polar surface area (TPSA) is 75.7 Å². The van der Waals surface area contributed by atoms with Crippen LogP contribution < -0.4 is 10.1 Å². The van der Waals surface area contributed by atoms with Crippen LogP contribution in [-0.4, -0.2) is 32.3 Å². The lowest BCUT2D eigenvalue weighted by molar-refractivity contribution is -0.116. The molecule has 0 fully saturated rings. The molecule has 0 aliphatic rings. The third-order valence-corrected chi connectivity index (χ3v) is 7.26. The molecule has 3 aromatic carbocycles. The molecule has 1 amide bonds. The molecule has 0 bridgehead atoms. The molecule has 168 valence electrons. The molecule has 0 radical (unpaired) electrons. The average Bonchev–Trinajstić information content (AvgIpc) is 2.75. The lowest BCUT2D eigenvalue weighted by atomic mass is 10.2. The standard InChI is InChI=1S/C23H22BrClN2O4S/c1-16-3-12-22(31-2)21(13-16)26-23(28)15-27(14-17-4-8-19(25)9-5-17)32(29,30)20-10-6-18(24)7-11-20/h3-13H,14-15H2,1-2H3,(H,26,28). The molecule has 1 N–H and O–H groups in total. The predicted molar refractivity (Wildman–Crippen MR) is 130 cm³/mol. The number of aryl methyl sites for hydroxylation is 1. The van der Waals surface area contributed by atoms with Crippen LogP contribution in [0.1, 0.15) is 11.1 Å². The molecular formula is C23H22BrClN2O4S. The van der Waals surface area contributed by atoms with Crippen molar-refractivity contribution in [2.45, 2.75) is 18.4 Å². The van der Waals surface area contributed by atoms with E-state index in [2.05, 4.69) is 21.2 Å². The zero-order valence-corrected chi connectivity index (χ0v) is 20.7. The number of sulfonamides is 1. The number of ether oxygens (including phenoxy) is 1. The monoisotopic (exact) mass is 536 g/mol. The van der Waals surface area contributed by atoms with E-state index in [1.807, 2.05) is 13.0 Å². The molecular weight excluding hydrogens is 516 g/mol. The van der Waals surface area contributed by atoms with Crippen molar-refractivity contribution in [2.24, 2.45) is 0 Å². The van der Waals surface area contributed by atoms with E-state index in [1.54, 1.807) is 48.5 Å². The highest BCUT2D eigenvalue weighted by Gasteiger charge is 2.27. The Hall–Kier alpha value is -2.39. The van der Waals surface area contributed by atoms with E-state index < -0.39 is 15.9 Å². The maximum absolute atomic E-state index is 13.4. The number of methoxy groups -OCH3 is 1. The SMILES string of the molecule is COc1ccc(C)cc1NC(=O)CN(Cc1ccc(Cl)cc1)S(=O)(=O)c1ccc(Br)cc1. The van der Waals surface area contributed by atoms with Gasteiger partial charge in [0.25, 0.3) is 0 Å². The first-order valence-corrected chi connectivity index (χ1v) is 12.2. The zero-order valence-electron chi connectivity index (χ0n) is 17.5. The molecule has 0 unspecified atom stereocenters. The van der Waals surface area contributed by atoms with Gasteiger partial charge in [-0.3, -0.25) is 4.79 Å². The lowest BCUT2D eigenvalue weighted by Crippen LogP contribution is -2.37. The molecule has 3 aromatic rings. The summed E-state index contributed by atoms with van der Waals surface area (Å²) in [5.41, 5.74) is 2.11. The summed E-state index contributed by atoms with van der Waals surface area (Å²) in [7, 11) is -2.44. The van der Waals surface area contributed by atoms with Crippen molar-refractivity contribution in [3.05, 3.63) is 87.4 Å². The van der Waals surface area contributed by atoms with Gasteiger partial charge in [-0.15, -0.1) is 0 Å². The normalized spacial score (nSPS) is 11.4. The van der Waals surface area contributed by atoms with Crippen molar-refractivity contribution in [1.82, 2.24) is 4.31 Å². The Kier molecular flexibility index (Phi) is 7.95. The smallest absolute Gasteiger partial charge is 0.243 e. The van der Waals surface area contributed by atoms with Crippen molar-refractivity contribution in [2.75, 3.05) is 19.0 Å². The first-order valence-electron chi connectivity index (χ1n) is 9.63. The second-order valence-corrected chi connectivity index (χ2v) is 10.4. The van der Waals surface area contributed by atoms with Gasteiger partial charge in [0.2, 0.25) is 15.9 Å². The van der Waals surface area contributed by atoms with E-state index in [0.29, 0.717) is 22.0 Å². The summed E-state index contributed by atoms with van der Waals surface area (Å²) < 4.78 is 33.9. The minimum Gasteiger partial charge on any atom is -0.495 e. The van der Waals surface area contributed by atoms with E-state index in [1.165, 1.54) is 19.2 Å². The van der Waals surface area contributed by atoms with E-state index >= 15 is 0 Å². The molecule has 6 nitrogen and oxygen atoms in total. The Morgan fingerprint density at radius 3 is 2.34 bits per heavy atom. The number of benzene rings is 3. The van der Waals surface area contributed by atoms with Crippen LogP contribution in [0.5, 0.6) is 5.75 Å². The summed E-state index contributed by atoms with van der Waals surface area (Å²) in [5.74, 6) is 0.00696. The van der Waals surface area contributed by atoms with Gasteiger partial charge in [-0.05, 0) is 66.6 Å². The molecule has 3 rings (SSSR count). The summed E-state index contributed by atoms with van der Waals surface area (Å²) in [6, 6.07) is 18.5. The van der Waals surface area contributed by atoms with E-state index in [4.69, 9.17) is 16.3 Å². The van der Waals surface area contributed by atoms with Gasteiger partial charge >= 0.3 is 0 Å². The summed E-state index contributed by atoms with van der Waals surface area (Å²) >= 11 is 9.26. The Morgan fingerprint density at radius 1 is 1.06 bits per heavy atom. The van der Waals surface area contributed by atoms with Gasteiger partial charge in [0, 0.05) is 16.0 Å². The zero-order chi connectivity index (χ0) is 23.3. The van der Waals surface area contributed by atoms with E-state index in [-0.39, 0.29) is 18.0 Å². The van der Waals surface area contributed by atoms with Crippen molar-refractivity contribution in [3.8, 4) is 5.75 Å². The number of nitrogens with zero attached hydrogens (tertiary/aromatic N) is 1. The van der Waals surface area contributed by atoms with E-state index in [9.17, 15) is 13.2 Å². The van der Waals surface area contributed by atoms with Crippen molar-refractivity contribution in [1.29, 1.82) is 0 Å². The first-order chi connectivity index (χ1) is 15.2. The largest absolute Gasteiger partial charge is 0.495 e. The molecule has 0 saturated heterocycles. The minimum absolute atomic E-state index is 0.00788. The van der Waals surface area contributed by atoms with Gasteiger partial charge in [-0.1, -0.05) is 45.7 Å². The fourth-order valence-corrected chi connectivity index (χ4v) is 4.82. The predicted octanol–water partition coefficient (Wildman–Crippen LogP) is 5.25. The molecule has 0 aromatic heterocycles. The van der Waals surface area contributed by atoms with Crippen LogP contribution in [0.3, 0.4) is 0 Å². The maximum atomic E-state index is 13.4. The molecule has 0 heterocycles. The minimum atomic E-state index is -3.95. The molecule has 0 saturated carbocycles. The number of hydrogen-bond acceptors (Lipinski definition) is 4. The van der Waals surface area contributed by atoms with Gasteiger partial charge < -0.3 is 10.1 Å². The highest BCUT2D eigenvalue weighted by Crippen LogP contribution is 2.26. The summed E-state index contributed by atoms with van der Waals surface area (Å²) in [5, 5.41) is 3.30. The van der Waals surface area contributed by atoms with Gasteiger partial charge in [-0.25, -0.2) is 8.42 Å². The molecule has 0 aliphatic heterocycles. The Balaban J connectivity index is 1.89. The van der Waals surface area contributed by atoms with Crippen LogP contribution in [0.25, 0.3) is 0 Å². The fourth-order valence-electron chi connectivity index (χ4n) is 3.04. The van der Waals surface area contributed by atoms with Gasteiger partial charge in [-0.2, -0.15) is 4.31 Å². The number of amides is 1. The Labute approximate surface area is 201 Å². The summed E-state index contributed by atoms with van der Waals surface area (Å²) in [4.78, 5) is 13.0. The van der Waals surface area contributed by atoms with Crippen LogP contribution in [0, 0.1) is 6.92 Å². The number of hydrogen-bond donors (Lipinski definition) is 1. The second kappa shape index (κ2) is 10.5. The van der Waals surface area contributed by atoms with Gasteiger partial charge in [0.15, 0.2) is 0 Å². The fraction of sp³-hybridized carbons (Fsp3) is 0.174. The van der Waals surface area contributed by atoms with Crippen LogP contribution in [0.4, 0.5) is 5.69 Å².